The Morgan fingerprint density at radius 2 is 1.93 bits per heavy atom. The number of ether oxygens (including phenoxy) is 1. The lowest BCUT2D eigenvalue weighted by Gasteiger charge is -2.10. The Morgan fingerprint density at radius 3 is 2.56 bits per heavy atom. The van der Waals surface area contributed by atoms with E-state index in [0.717, 1.165) is 17.5 Å². The fourth-order valence-electron chi connectivity index (χ4n) is 2.41. The molecule has 7 nitrogen and oxygen atoms in total. The van der Waals surface area contributed by atoms with Gasteiger partial charge in [0.2, 0.25) is 5.82 Å². The van der Waals surface area contributed by atoms with Crippen LogP contribution in [0.2, 0.25) is 5.02 Å². The van der Waals surface area contributed by atoms with Crippen molar-refractivity contribution in [2.24, 2.45) is 0 Å². The van der Waals surface area contributed by atoms with Crippen molar-refractivity contribution in [3.63, 3.8) is 0 Å². The maximum absolute atomic E-state index is 11.6. The smallest absolute Gasteiger partial charge is 0.373 e. The Kier molecular flexibility index (Phi) is 5.52. The van der Waals surface area contributed by atoms with Gasteiger partial charge in [-0.25, -0.2) is 4.98 Å². The zero-order chi connectivity index (χ0) is 19.4. The Morgan fingerprint density at radius 1 is 1.19 bits per heavy atom. The molecule has 3 aromatic rings. The third kappa shape index (κ3) is 4.32. The molecule has 0 saturated carbocycles. The van der Waals surface area contributed by atoms with E-state index in [1.807, 2.05) is 32.0 Å². The molecule has 1 heterocycles. The van der Waals surface area contributed by atoms with E-state index in [9.17, 15) is 10.1 Å². The van der Waals surface area contributed by atoms with Crippen LogP contribution in [0.5, 0.6) is 11.6 Å². The zero-order valence-corrected chi connectivity index (χ0v) is 15.5. The van der Waals surface area contributed by atoms with Crippen LogP contribution < -0.4 is 10.1 Å². The number of aromatic nitrogens is 2. The molecule has 0 unspecified atom stereocenters. The number of nitrogens with one attached hydrogen (secondary N) is 1. The van der Waals surface area contributed by atoms with Crippen molar-refractivity contribution in [1.29, 1.82) is 0 Å². The third-order valence-electron chi connectivity index (χ3n) is 3.95. The molecule has 27 heavy (non-hydrogen) atoms. The minimum atomic E-state index is -0.576. The van der Waals surface area contributed by atoms with Crippen LogP contribution in [-0.4, -0.2) is 14.9 Å². The van der Waals surface area contributed by atoms with Gasteiger partial charge < -0.3 is 10.1 Å². The average Bonchev–Trinajstić information content (AvgIpc) is 2.65. The van der Waals surface area contributed by atoms with Crippen molar-refractivity contribution in [1.82, 2.24) is 9.97 Å². The monoisotopic (exact) mass is 384 g/mol. The van der Waals surface area contributed by atoms with Crippen LogP contribution in [0.4, 0.5) is 17.2 Å². The molecule has 0 aliphatic rings. The quantitative estimate of drug-likeness (QED) is 0.449. The first-order chi connectivity index (χ1) is 13.0. The summed E-state index contributed by atoms with van der Waals surface area (Å²) in [6.45, 7) is 3.91. The predicted molar refractivity (Wildman–Crippen MR) is 104 cm³/mol. The molecule has 0 radical (unpaired) electrons. The minimum absolute atomic E-state index is 0.0232. The number of rotatable bonds is 6. The second kappa shape index (κ2) is 8.01. The number of anilines is 2. The third-order valence-corrected chi connectivity index (χ3v) is 4.36. The fraction of sp³-hybridized carbons (Fsp3) is 0.158. The number of aryl methyl sites for hydroxylation is 2. The van der Waals surface area contributed by atoms with Gasteiger partial charge in [-0.05, 0) is 48.7 Å². The summed E-state index contributed by atoms with van der Waals surface area (Å²) in [6, 6.07) is 12.5. The molecule has 138 valence electrons. The molecule has 3 rings (SSSR count). The summed E-state index contributed by atoms with van der Waals surface area (Å²) >= 11 is 6.11. The minimum Gasteiger partial charge on any atom is -0.434 e. The van der Waals surface area contributed by atoms with Crippen LogP contribution in [-0.2, 0) is 6.42 Å². The Bertz CT molecular complexity index is 977. The van der Waals surface area contributed by atoms with Crippen LogP contribution in [0.15, 0.2) is 48.8 Å². The van der Waals surface area contributed by atoms with Crippen LogP contribution in [0.1, 0.15) is 18.1 Å². The number of hydrogen-bond donors (Lipinski definition) is 1. The molecule has 0 aliphatic heterocycles. The van der Waals surface area contributed by atoms with E-state index in [0.29, 0.717) is 16.5 Å². The molecule has 8 heteroatoms. The summed E-state index contributed by atoms with van der Waals surface area (Å²) < 4.78 is 5.63. The molecule has 0 bridgehead atoms. The molecule has 1 aromatic heterocycles. The fourth-order valence-corrected chi connectivity index (χ4v) is 2.59. The van der Waals surface area contributed by atoms with Gasteiger partial charge in [-0.3, -0.25) is 10.1 Å². The Balaban J connectivity index is 1.94. The van der Waals surface area contributed by atoms with Crippen LogP contribution in [0.25, 0.3) is 0 Å². The van der Waals surface area contributed by atoms with E-state index in [1.165, 1.54) is 6.33 Å². The van der Waals surface area contributed by atoms with E-state index in [1.54, 1.807) is 24.3 Å². The van der Waals surface area contributed by atoms with Crippen molar-refractivity contribution < 1.29 is 9.66 Å². The maximum Gasteiger partial charge on any atom is 0.373 e. The molecule has 0 saturated heterocycles. The van der Waals surface area contributed by atoms with E-state index in [-0.39, 0.29) is 17.4 Å². The second-order valence-electron chi connectivity index (χ2n) is 5.82. The second-order valence-corrected chi connectivity index (χ2v) is 6.23. The lowest BCUT2D eigenvalue weighted by molar-refractivity contribution is -0.385. The van der Waals surface area contributed by atoms with E-state index >= 15 is 0 Å². The van der Waals surface area contributed by atoms with Crippen molar-refractivity contribution in [3.8, 4) is 11.6 Å². The van der Waals surface area contributed by atoms with E-state index < -0.39 is 4.92 Å². The number of hydrogen-bond acceptors (Lipinski definition) is 6. The van der Waals surface area contributed by atoms with Gasteiger partial charge in [0.25, 0.3) is 0 Å². The van der Waals surface area contributed by atoms with Gasteiger partial charge in [-0.15, -0.1) is 0 Å². The van der Waals surface area contributed by atoms with Crippen molar-refractivity contribution >= 4 is 28.8 Å². The van der Waals surface area contributed by atoms with Gasteiger partial charge >= 0.3 is 11.6 Å². The van der Waals surface area contributed by atoms with Crippen LogP contribution in [0.3, 0.4) is 0 Å². The Hall–Kier alpha value is -3.19. The summed E-state index contributed by atoms with van der Waals surface area (Å²) in [4.78, 5) is 19.0. The zero-order valence-electron chi connectivity index (χ0n) is 14.8. The van der Waals surface area contributed by atoms with E-state index in [2.05, 4.69) is 15.3 Å². The molecule has 0 atom stereocenters. The van der Waals surface area contributed by atoms with Crippen molar-refractivity contribution in [3.05, 3.63) is 75.1 Å². The van der Waals surface area contributed by atoms with Crippen molar-refractivity contribution in [2.75, 3.05) is 5.32 Å². The molecule has 1 N–H and O–H groups in total. The molecule has 0 amide bonds. The molecule has 0 aliphatic carbocycles. The molecular formula is C19H17ClN4O3. The summed E-state index contributed by atoms with van der Waals surface area (Å²) in [5.74, 6) is 0.341. The van der Waals surface area contributed by atoms with Gasteiger partial charge in [-0.1, -0.05) is 36.7 Å². The number of benzene rings is 2. The first kappa shape index (κ1) is 18.6. The lowest BCUT2D eigenvalue weighted by Crippen LogP contribution is -2.03. The highest BCUT2D eigenvalue weighted by Gasteiger charge is 2.25. The lowest BCUT2D eigenvalue weighted by atomic mass is 10.2. The van der Waals surface area contributed by atoms with Gasteiger partial charge in [0.1, 0.15) is 12.1 Å². The molecular weight excluding hydrogens is 368 g/mol. The highest BCUT2D eigenvalue weighted by Crippen LogP contribution is 2.36. The highest BCUT2D eigenvalue weighted by atomic mass is 35.5. The van der Waals surface area contributed by atoms with Gasteiger partial charge in [0.05, 0.1) is 4.92 Å². The summed E-state index contributed by atoms with van der Waals surface area (Å²) in [5.41, 5.74) is 2.26. The standard InChI is InChI=1S/C19H17ClN4O3/c1-3-13-5-8-15(9-6-13)27-19-17(24(25)26)18(21-11-22-19)23-14-7-4-12(2)16(20)10-14/h4-11H,3H2,1-2H3,(H,21,22,23). The number of nitro groups is 1. The van der Waals surface area contributed by atoms with Gasteiger partial charge in [0.15, 0.2) is 0 Å². The molecule has 2 aromatic carbocycles. The van der Waals surface area contributed by atoms with E-state index in [4.69, 9.17) is 16.3 Å². The summed E-state index contributed by atoms with van der Waals surface area (Å²) in [6.07, 6.45) is 2.10. The first-order valence-corrected chi connectivity index (χ1v) is 8.65. The number of halogens is 1. The molecule has 0 spiro atoms. The average molecular weight is 385 g/mol. The predicted octanol–water partition coefficient (Wildman–Crippen LogP) is 5.44. The highest BCUT2D eigenvalue weighted by molar-refractivity contribution is 6.31. The van der Waals surface area contributed by atoms with Crippen LogP contribution in [0, 0.1) is 17.0 Å². The topological polar surface area (TPSA) is 90.2 Å². The molecule has 0 fully saturated rings. The summed E-state index contributed by atoms with van der Waals surface area (Å²) in [5, 5.41) is 15.1. The Labute approximate surface area is 161 Å². The normalized spacial score (nSPS) is 10.5. The summed E-state index contributed by atoms with van der Waals surface area (Å²) in [7, 11) is 0. The van der Waals surface area contributed by atoms with Gasteiger partial charge in [-0.2, -0.15) is 4.98 Å². The SMILES string of the molecule is CCc1ccc(Oc2ncnc(Nc3ccc(C)c(Cl)c3)c2[N+](=O)[O-])cc1. The largest absolute Gasteiger partial charge is 0.434 e. The number of nitrogens with zero attached hydrogens (tertiary/aromatic N) is 3. The van der Waals surface area contributed by atoms with Crippen LogP contribution >= 0.6 is 11.6 Å². The van der Waals surface area contributed by atoms with Gasteiger partial charge in [0, 0.05) is 10.7 Å². The van der Waals surface area contributed by atoms with Crippen molar-refractivity contribution in [2.45, 2.75) is 20.3 Å². The maximum atomic E-state index is 11.6. The first-order valence-electron chi connectivity index (χ1n) is 8.27.